The third-order valence-electron chi connectivity index (χ3n) is 11.2. The predicted molar refractivity (Wildman–Crippen MR) is 250 cm³/mol. The number of hydrogen-bond donors (Lipinski definition) is 14. The van der Waals surface area contributed by atoms with E-state index in [1.54, 1.807) is 27.7 Å². The Hall–Kier alpha value is -6.64. The van der Waals surface area contributed by atoms with Crippen LogP contribution in [0.4, 0.5) is 0 Å². The van der Waals surface area contributed by atoms with Gasteiger partial charge < -0.3 is 81.2 Å². The van der Waals surface area contributed by atoms with Gasteiger partial charge in [-0.15, -0.1) is 0 Å². The standard InChI is InChI=1S/C42H75N15O12/c1-7-22(4)33(55-30(59)19-49-36(63)27(18-29(45)58)54-35(62)25(44)12-10-16-48-42(46)47)40(67)56-32(21(2)3)39(66)53-26(13-8-9-15-43)37(64)51-23(5)34(61)50-20-31(60)57-17-11-14-28(57)38(65)52-24(6)41(68)69/h21-28,32-33H,7-20,43-44H2,1-6H3,(H2,45,58)(H,49,63)(H,50,61)(H,51,64)(H,52,65)(H,53,66)(H,54,62)(H,55,59)(H,56,67)(H,68,69)(H4,46,47,48)/t22-,23-,24-,25-,26-,27-,28-,32-,33-/m0/s1. The van der Waals surface area contributed by atoms with Crippen LogP contribution < -0.4 is 71.2 Å². The van der Waals surface area contributed by atoms with Gasteiger partial charge in [0.1, 0.15) is 42.3 Å². The molecular formula is C42H75N15O12. The molecule has 0 aromatic heterocycles. The van der Waals surface area contributed by atoms with Crippen molar-refractivity contribution in [2.45, 2.75) is 148 Å². The van der Waals surface area contributed by atoms with E-state index in [2.05, 4.69) is 47.5 Å². The highest BCUT2D eigenvalue weighted by Gasteiger charge is 2.37. The Kier molecular flexibility index (Phi) is 26.8. The molecule has 0 radical (unpaired) electrons. The molecule has 1 rings (SSSR count). The molecule has 19 N–H and O–H groups in total. The second kappa shape index (κ2) is 30.7. The third-order valence-corrected chi connectivity index (χ3v) is 11.2. The van der Waals surface area contributed by atoms with Crippen molar-refractivity contribution in [2.75, 3.05) is 32.7 Å². The first kappa shape index (κ1) is 60.4. The van der Waals surface area contributed by atoms with Crippen molar-refractivity contribution in [3.05, 3.63) is 0 Å². The third kappa shape index (κ3) is 21.9. The zero-order valence-electron chi connectivity index (χ0n) is 40.4. The number of nitrogens with one attached hydrogen (secondary N) is 8. The number of carbonyl (C=O) groups is 11. The van der Waals surface area contributed by atoms with E-state index in [9.17, 15) is 52.7 Å². The van der Waals surface area contributed by atoms with Gasteiger partial charge in [-0.05, 0) is 77.2 Å². The van der Waals surface area contributed by atoms with Gasteiger partial charge in [0.25, 0.3) is 0 Å². The molecule has 0 spiro atoms. The normalized spacial score (nSPS) is 16.7. The zero-order chi connectivity index (χ0) is 52.5. The number of amides is 10. The molecule has 0 bridgehead atoms. The summed E-state index contributed by atoms with van der Waals surface area (Å²) in [7, 11) is 0. The molecule has 0 unspecified atom stereocenters. The average molecular weight is 982 g/mol. The van der Waals surface area contributed by atoms with Crippen LogP contribution in [0.5, 0.6) is 0 Å². The minimum absolute atomic E-state index is 0.0913. The van der Waals surface area contributed by atoms with Gasteiger partial charge in [-0.2, -0.15) is 0 Å². The van der Waals surface area contributed by atoms with E-state index in [4.69, 9.17) is 33.8 Å². The summed E-state index contributed by atoms with van der Waals surface area (Å²) in [6.07, 6.45) is 1.99. The molecule has 0 aromatic carbocycles. The quantitative estimate of drug-likeness (QED) is 0.0175. The van der Waals surface area contributed by atoms with E-state index in [-0.39, 0.29) is 38.4 Å². The molecular weight excluding hydrogens is 907 g/mol. The second-order valence-electron chi connectivity index (χ2n) is 17.3. The van der Waals surface area contributed by atoms with Crippen LogP contribution in [0.25, 0.3) is 0 Å². The summed E-state index contributed by atoms with van der Waals surface area (Å²) in [5, 5.41) is 29.0. The van der Waals surface area contributed by atoms with Crippen LogP contribution in [0.2, 0.25) is 0 Å². The van der Waals surface area contributed by atoms with Crippen LogP contribution in [-0.4, -0.2) is 162 Å². The van der Waals surface area contributed by atoms with Crippen LogP contribution in [0, 0.1) is 11.8 Å². The highest BCUT2D eigenvalue weighted by Crippen LogP contribution is 2.18. The molecule has 1 aliphatic heterocycles. The second-order valence-corrected chi connectivity index (χ2v) is 17.3. The number of guanidine groups is 1. The fourth-order valence-electron chi connectivity index (χ4n) is 6.86. The average Bonchev–Trinajstić information content (AvgIpc) is 3.79. The number of carboxylic acids is 1. The Labute approximate surface area is 401 Å². The van der Waals surface area contributed by atoms with Gasteiger partial charge in [0.05, 0.1) is 25.6 Å². The zero-order valence-corrected chi connectivity index (χ0v) is 40.4. The van der Waals surface area contributed by atoms with Gasteiger partial charge in [0, 0.05) is 13.1 Å². The Morgan fingerprint density at radius 1 is 0.681 bits per heavy atom. The lowest BCUT2D eigenvalue weighted by Gasteiger charge is -2.29. The summed E-state index contributed by atoms with van der Waals surface area (Å²) in [5.74, 6) is -10.2. The molecule has 27 nitrogen and oxygen atoms in total. The van der Waals surface area contributed by atoms with Crippen LogP contribution in [0.15, 0.2) is 4.99 Å². The first-order valence-corrected chi connectivity index (χ1v) is 23.0. The lowest BCUT2D eigenvalue weighted by Crippen LogP contribution is -2.60. The van der Waals surface area contributed by atoms with Crippen LogP contribution in [0.1, 0.15) is 99.3 Å². The van der Waals surface area contributed by atoms with Gasteiger partial charge in [-0.3, -0.25) is 57.7 Å². The van der Waals surface area contributed by atoms with Gasteiger partial charge in [0.2, 0.25) is 59.1 Å². The topological polar surface area (TPSA) is 450 Å². The number of primary amides is 1. The fraction of sp³-hybridized carbons (Fsp3) is 0.714. The summed E-state index contributed by atoms with van der Waals surface area (Å²) < 4.78 is 0. The molecule has 1 heterocycles. The summed E-state index contributed by atoms with van der Waals surface area (Å²) in [5.41, 5.74) is 27.4. The van der Waals surface area contributed by atoms with Crippen LogP contribution in [-0.2, 0) is 52.7 Å². The van der Waals surface area contributed by atoms with E-state index in [1.807, 2.05) is 0 Å². The SMILES string of the molecule is CC[C@H](C)[C@H](NC(=O)CNC(=O)[C@H](CC(N)=O)NC(=O)[C@@H](N)CCCN=C(N)N)C(=O)N[C@H](C(=O)N[C@@H](CCCCN)C(=O)N[C@@H](C)C(=O)NCC(=O)N1CCC[C@H]1C(=O)N[C@@H](C)C(=O)O)C(C)C. The van der Waals surface area contributed by atoms with Crippen molar-refractivity contribution >= 4 is 71.0 Å². The number of nitrogens with two attached hydrogens (primary N) is 5. The first-order chi connectivity index (χ1) is 32.3. The Morgan fingerprint density at radius 3 is 1.88 bits per heavy atom. The number of aliphatic carboxylic acids is 1. The minimum Gasteiger partial charge on any atom is -0.480 e. The van der Waals surface area contributed by atoms with E-state index in [0.717, 1.165) is 0 Å². The molecule has 0 aliphatic carbocycles. The van der Waals surface area contributed by atoms with Gasteiger partial charge in [0.15, 0.2) is 5.96 Å². The maximum absolute atomic E-state index is 13.8. The molecule has 1 aliphatic rings. The summed E-state index contributed by atoms with van der Waals surface area (Å²) in [6.45, 7) is 8.84. The first-order valence-electron chi connectivity index (χ1n) is 23.0. The number of carbonyl (C=O) groups excluding carboxylic acids is 10. The predicted octanol–water partition coefficient (Wildman–Crippen LogP) is -5.67. The maximum atomic E-state index is 13.8. The van der Waals surface area contributed by atoms with E-state index in [0.29, 0.717) is 38.5 Å². The van der Waals surface area contributed by atoms with E-state index >= 15 is 0 Å². The van der Waals surface area contributed by atoms with Gasteiger partial charge >= 0.3 is 5.97 Å². The largest absolute Gasteiger partial charge is 0.480 e. The molecule has 390 valence electrons. The summed E-state index contributed by atoms with van der Waals surface area (Å²) in [4.78, 5) is 147. The Balaban J connectivity index is 3.01. The number of likely N-dealkylation sites (tertiary alicyclic amines) is 1. The molecule has 10 amide bonds. The molecule has 9 atom stereocenters. The lowest BCUT2D eigenvalue weighted by molar-refractivity contribution is -0.143. The molecule has 1 fully saturated rings. The Bertz CT molecular complexity index is 1850. The molecule has 0 saturated carbocycles. The van der Waals surface area contributed by atoms with Crippen molar-refractivity contribution in [2.24, 2.45) is 45.5 Å². The van der Waals surface area contributed by atoms with Crippen molar-refractivity contribution in [1.29, 1.82) is 0 Å². The number of hydrogen-bond acceptors (Lipinski definition) is 14. The molecule has 1 saturated heterocycles. The Morgan fingerprint density at radius 2 is 1.30 bits per heavy atom. The monoisotopic (exact) mass is 982 g/mol. The fourth-order valence-corrected chi connectivity index (χ4v) is 6.86. The molecule has 27 heteroatoms. The number of carboxylic acid groups (broad SMARTS) is 1. The summed E-state index contributed by atoms with van der Waals surface area (Å²) in [6, 6.07) is -9.56. The highest BCUT2D eigenvalue weighted by molar-refractivity contribution is 5.98. The van der Waals surface area contributed by atoms with Gasteiger partial charge in [-0.1, -0.05) is 34.1 Å². The lowest BCUT2D eigenvalue weighted by atomic mass is 9.96. The van der Waals surface area contributed by atoms with E-state index < -0.39 is 145 Å². The number of rotatable bonds is 31. The summed E-state index contributed by atoms with van der Waals surface area (Å²) >= 11 is 0. The minimum atomic E-state index is -1.49. The van der Waals surface area contributed by atoms with Crippen molar-refractivity contribution in [1.82, 2.24) is 47.4 Å². The maximum Gasteiger partial charge on any atom is 0.325 e. The number of aliphatic imine (C=N–C) groups is 1. The van der Waals surface area contributed by atoms with Crippen LogP contribution >= 0.6 is 0 Å². The van der Waals surface area contributed by atoms with Crippen molar-refractivity contribution in [3.63, 3.8) is 0 Å². The molecule has 0 aromatic rings. The molecule has 69 heavy (non-hydrogen) atoms. The van der Waals surface area contributed by atoms with Crippen LogP contribution in [0.3, 0.4) is 0 Å². The number of unbranched alkanes of at least 4 members (excludes halogenated alkanes) is 1. The number of nitrogens with zero attached hydrogens (tertiary/aromatic N) is 2. The van der Waals surface area contributed by atoms with Crippen molar-refractivity contribution in [3.8, 4) is 0 Å². The smallest absolute Gasteiger partial charge is 0.325 e. The van der Waals surface area contributed by atoms with E-state index in [1.165, 1.54) is 18.7 Å². The highest BCUT2D eigenvalue weighted by atomic mass is 16.4. The van der Waals surface area contributed by atoms with Crippen molar-refractivity contribution < 1.29 is 57.8 Å². The van der Waals surface area contributed by atoms with Gasteiger partial charge in [-0.25, -0.2) is 0 Å².